The van der Waals surface area contributed by atoms with Crippen molar-refractivity contribution in [3.63, 3.8) is 0 Å². The van der Waals surface area contributed by atoms with E-state index >= 15 is 0 Å². The molecule has 6 N–H and O–H groups in total. The first-order valence-electron chi connectivity index (χ1n) is 8.74. The van der Waals surface area contributed by atoms with Gasteiger partial charge in [-0.25, -0.2) is 4.79 Å². The Bertz CT molecular complexity index is 898. The predicted octanol–water partition coefficient (Wildman–Crippen LogP) is 1.98. The summed E-state index contributed by atoms with van der Waals surface area (Å²) in [5.41, 5.74) is 10.1. The molecule has 12 heteroatoms. The molecule has 1 aliphatic rings. The van der Waals surface area contributed by atoms with Crippen molar-refractivity contribution < 1.29 is 32.6 Å². The molecule has 0 unspecified atom stereocenters. The Balaban J connectivity index is 2.29. The van der Waals surface area contributed by atoms with Gasteiger partial charge in [0.25, 0.3) is 5.91 Å². The predicted molar refractivity (Wildman–Crippen MR) is 104 cm³/mol. The minimum atomic E-state index is -4.90. The molecular weight excluding hydrogens is 429 g/mol. The number of halogens is 4. The van der Waals surface area contributed by atoms with Crippen molar-refractivity contribution in [3.05, 3.63) is 33.9 Å². The highest BCUT2D eigenvalue weighted by molar-refractivity contribution is 6.30. The number of nitrogens with two attached hydrogens (primary N) is 2. The summed E-state index contributed by atoms with van der Waals surface area (Å²) in [5.74, 6) is -2.86. The Hall–Kier alpha value is -2.95. The number of aryl methyl sites for hydroxylation is 1. The molecular formula is C18H20ClF3N4O4. The Kier molecular flexibility index (Phi) is 7.19. The summed E-state index contributed by atoms with van der Waals surface area (Å²) >= 11 is 5.94. The van der Waals surface area contributed by atoms with Gasteiger partial charge in [0.1, 0.15) is 11.8 Å². The van der Waals surface area contributed by atoms with Gasteiger partial charge in [0.05, 0.1) is 5.57 Å². The zero-order valence-corrected chi connectivity index (χ0v) is 16.5. The Morgan fingerprint density at radius 2 is 2.03 bits per heavy atom. The highest BCUT2D eigenvalue weighted by atomic mass is 35.5. The van der Waals surface area contributed by atoms with Crippen LogP contribution in [0.3, 0.4) is 0 Å². The molecule has 1 amide bonds. The van der Waals surface area contributed by atoms with Gasteiger partial charge in [-0.3, -0.25) is 9.79 Å². The van der Waals surface area contributed by atoms with E-state index in [0.717, 1.165) is 6.08 Å². The van der Waals surface area contributed by atoms with Crippen LogP contribution in [0, 0.1) is 6.92 Å². The van der Waals surface area contributed by atoms with Crippen molar-refractivity contribution in [2.45, 2.75) is 38.1 Å². The van der Waals surface area contributed by atoms with Gasteiger partial charge in [-0.1, -0.05) is 11.6 Å². The van der Waals surface area contributed by atoms with Crippen LogP contribution >= 0.6 is 11.6 Å². The first-order chi connectivity index (χ1) is 13.9. The zero-order valence-electron chi connectivity index (χ0n) is 15.8. The van der Waals surface area contributed by atoms with Gasteiger partial charge in [-0.05, 0) is 43.5 Å². The molecule has 1 aromatic rings. The number of ether oxygens (including phenoxy) is 1. The second kappa shape index (κ2) is 9.24. The molecule has 1 aromatic carbocycles. The minimum absolute atomic E-state index is 0.0507. The van der Waals surface area contributed by atoms with Crippen LogP contribution in [0.4, 0.5) is 13.2 Å². The third-order valence-corrected chi connectivity index (χ3v) is 4.42. The molecule has 1 heterocycles. The van der Waals surface area contributed by atoms with Gasteiger partial charge in [0.2, 0.25) is 6.10 Å². The average Bonchev–Trinajstić information content (AvgIpc) is 2.61. The fraction of sp³-hybridized carbons (Fsp3) is 0.389. The number of nitrogens with one attached hydrogen (secondary N) is 1. The fourth-order valence-corrected chi connectivity index (χ4v) is 3.16. The second-order valence-corrected chi connectivity index (χ2v) is 7.03. The van der Waals surface area contributed by atoms with E-state index in [1.54, 1.807) is 0 Å². The van der Waals surface area contributed by atoms with Crippen LogP contribution in [0.25, 0.3) is 6.08 Å². The molecule has 1 aliphatic heterocycles. The summed E-state index contributed by atoms with van der Waals surface area (Å²) in [4.78, 5) is 27.7. The summed E-state index contributed by atoms with van der Waals surface area (Å²) in [6.45, 7) is 1.62. The van der Waals surface area contributed by atoms with E-state index in [4.69, 9.17) is 27.8 Å². The number of aliphatic imine (C=N–C) groups is 1. The Morgan fingerprint density at radius 3 is 2.60 bits per heavy atom. The Labute approximate surface area is 174 Å². The normalized spacial score (nSPS) is 16.6. The molecule has 30 heavy (non-hydrogen) atoms. The maximum absolute atomic E-state index is 13.6. The van der Waals surface area contributed by atoms with E-state index < -0.39 is 35.8 Å². The minimum Gasteiger partial charge on any atom is -0.480 e. The molecule has 0 bridgehead atoms. The number of carbonyl (C=O) groups excluding carboxylic acids is 1. The Morgan fingerprint density at radius 1 is 1.37 bits per heavy atom. The summed E-state index contributed by atoms with van der Waals surface area (Å²) in [7, 11) is 0. The van der Waals surface area contributed by atoms with Gasteiger partial charge < -0.3 is 26.6 Å². The van der Waals surface area contributed by atoms with E-state index in [-0.39, 0.29) is 41.7 Å². The van der Waals surface area contributed by atoms with Gasteiger partial charge in [-0.15, -0.1) is 0 Å². The first kappa shape index (κ1) is 23.3. The summed E-state index contributed by atoms with van der Waals surface area (Å²) in [6, 6.07) is 1.35. The number of carboxylic acid groups (broad SMARTS) is 1. The summed E-state index contributed by atoms with van der Waals surface area (Å²) < 4.78 is 45.7. The average molecular weight is 449 g/mol. The smallest absolute Gasteiger partial charge is 0.429 e. The number of carbonyl (C=O) groups is 2. The maximum atomic E-state index is 13.6. The molecule has 164 valence electrons. The van der Waals surface area contributed by atoms with E-state index in [0.29, 0.717) is 5.56 Å². The van der Waals surface area contributed by atoms with Crippen LogP contribution < -0.4 is 21.5 Å². The number of aliphatic carboxylic acids is 1. The lowest BCUT2D eigenvalue weighted by atomic mass is 9.98. The van der Waals surface area contributed by atoms with Crippen molar-refractivity contribution in [2.75, 3.05) is 6.54 Å². The molecule has 0 aliphatic carbocycles. The van der Waals surface area contributed by atoms with Crippen molar-refractivity contribution in [3.8, 4) is 5.75 Å². The number of nitrogens with zero attached hydrogens (tertiary/aromatic N) is 1. The third kappa shape index (κ3) is 5.78. The highest BCUT2D eigenvalue weighted by Crippen LogP contribution is 2.40. The quantitative estimate of drug-likeness (QED) is 0.285. The van der Waals surface area contributed by atoms with Gasteiger partial charge in [-0.2, -0.15) is 13.2 Å². The number of alkyl halides is 3. The van der Waals surface area contributed by atoms with Gasteiger partial charge in [0, 0.05) is 17.1 Å². The van der Waals surface area contributed by atoms with Crippen LogP contribution in [0.2, 0.25) is 5.02 Å². The number of carboxylic acids is 1. The lowest BCUT2D eigenvalue weighted by Gasteiger charge is -2.30. The summed E-state index contributed by atoms with van der Waals surface area (Å²) in [5, 5.41) is 11.7. The molecule has 0 aromatic heterocycles. The SMILES string of the molecule is Cc1cc(Cl)cc2c1O[C@H](C(F)(F)F)C(C(=O)N[C@@H](CCCN=C(N)N)C(=O)O)=C2. The fourth-order valence-electron chi connectivity index (χ4n) is 2.88. The second-order valence-electron chi connectivity index (χ2n) is 6.59. The zero-order chi connectivity index (χ0) is 22.6. The maximum Gasteiger partial charge on any atom is 0.429 e. The van der Waals surface area contributed by atoms with Crippen LogP contribution in [0.1, 0.15) is 24.0 Å². The molecule has 0 spiro atoms. The molecule has 2 rings (SSSR count). The lowest BCUT2D eigenvalue weighted by Crippen LogP contribution is -2.47. The van der Waals surface area contributed by atoms with Crippen LogP contribution in [0.15, 0.2) is 22.7 Å². The van der Waals surface area contributed by atoms with Crippen molar-refractivity contribution in [1.82, 2.24) is 5.32 Å². The van der Waals surface area contributed by atoms with Crippen LogP contribution in [0.5, 0.6) is 5.75 Å². The van der Waals surface area contributed by atoms with E-state index in [1.807, 2.05) is 0 Å². The van der Waals surface area contributed by atoms with Gasteiger partial charge >= 0.3 is 12.1 Å². The molecule has 0 saturated carbocycles. The third-order valence-electron chi connectivity index (χ3n) is 4.21. The van der Waals surface area contributed by atoms with Crippen molar-refractivity contribution >= 4 is 35.5 Å². The summed E-state index contributed by atoms with van der Waals surface area (Å²) in [6.07, 6.45) is -6.36. The molecule has 0 fully saturated rings. The van der Waals surface area contributed by atoms with Gasteiger partial charge in [0.15, 0.2) is 5.96 Å². The number of rotatable bonds is 7. The largest absolute Gasteiger partial charge is 0.480 e. The van der Waals surface area contributed by atoms with Crippen LogP contribution in [-0.2, 0) is 9.59 Å². The number of amides is 1. The van der Waals surface area contributed by atoms with Crippen molar-refractivity contribution in [2.24, 2.45) is 16.5 Å². The topological polar surface area (TPSA) is 140 Å². The number of benzene rings is 1. The lowest BCUT2D eigenvalue weighted by molar-refractivity contribution is -0.185. The van der Waals surface area contributed by atoms with Crippen LogP contribution in [-0.4, -0.2) is 47.8 Å². The number of hydrogen-bond donors (Lipinski definition) is 4. The monoisotopic (exact) mass is 448 g/mol. The van der Waals surface area contributed by atoms with Crippen molar-refractivity contribution in [1.29, 1.82) is 0 Å². The van der Waals surface area contributed by atoms with E-state index in [2.05, 4.69) is 10.3 Å². The molecule has 0 radical (unpaired) electrons. The first-order valence-corrected chi connectivity index (χ1v) is 9.12. The molecule has 2 atom stereocenters. The van der Waals surface area contributed by atoms with E-state index in [9.17, 15) is 27.9 Å². The standard InChI is InChI=1S/C18H20ClF3N4O4/c1-8-5-10(19)6-9-7-11(14(18(20,21)22)30-13(8)9)15(27)26-12(16(28)29)3-2-4-25-17(23)24/h5-7,12,14H,2-4H2,1H3,(H,26,27)(H,28,29)(H4,23,24,25)/t12-,14-/m0/s1. The van der Waals surface area contributed by atoms with E-state index in [1.165, 1.54) is 19.1 Å². The number of fused-ring (bicyclic) bond motifs is 1. The molecule has 8 nitrogen and oxygen atoms in total. The number of guanidine groups is 1. The highest BCUT2D eigenvalue weighted by Gasteiger charge is 2.48. The number of hydrogen-bond acceptors (Lipinski definition) is 4. The molecule has 0 saturated heterocycles.